The van der Waals surface area contributed by atoms with E-state index in [2.05, 4.69) is 5.32 Å². The van der Waals surface area contributed by atoms with Gasteiger partial charge in [0.05, 0.1) is 20.3 Å². The van der Waals surface area contributed by atoms with Gasteiger partial charge >= 0.3 is 5.97 Å². The number of carbonyl (C=O) groups is 1. The van der Waals surface area contributed by atoms with Crippen molar-refractivity contribution in [3.8, 4) is 5.75 Å². The number of nitrogens with one attached hydrogen (secondary N) is 1. The maximum Gasteiger partial charge on any atom is 0.328 e. The molecule has 0 radical (unpaired) electrons. The lowest BCUT2D eigenvalue weighted by Gasteiger charge is -2.31. The summed E-state index contributed by atoms with van der Waals surface area (Å²) in [5.41, 5.74) is 1.90. The van der Waals surface area contributed by atoms with Crippen LogP contribution in [-0.4, -0.2) is 32.8 Å². The Bertz CT molecular complexity index is 461. The average Bonchev–Trinajstić information content (AvgIpc) is 2.46. The van der Waals surface area contributed by atoms with Gasteiger partial charge in [0.25, 0.3) is 0 Å². The number of benzene rings is 1. The van der Waals surface area contributed by atoms with Gasteiger partial charge in [-0.25, -0.2) is 4.79 Å². The van der Waals surface area contributed by atoms with Gasteiger partial charge in [-0.2, -0.15) is 0 Å². The van der Waals surface area contributed by atoms with Crippen LogP contribution in [0.5, 0.6) is 5.75 Å². The summed E-state index contributed by atoms with van der Waals surface area (Å²) in [6, 6.07) is 5.32. The molecule has 1 heterocycles. The molecule has 5 nitrogen and oxygen atoms in total. The molecule has 2 rings (SSSR count). The summed E-state index contributed by atoms with van der Waals surface area (Å²) in [7, 11) is 3.02. The number of carbonyl (C=O) groups excluding carboxylic acids is 1. The maximum atomic E-state index is 11.7. The highest BCUT2D eigenvalue weighted by atomic mass is 16.5. The van der Waals surface area contributed by atoms with Crippen LogP contribution in [0.3, 0.4) is 0 Å². The molecule has 2 atom stereocenters. The van der Waals surface area contributed by atoms with E-state index in [4.69, 9.17) is 14.2 Å². The van der Waals surface area contributed by atoms with Crippen LogP contribution in [0.4, 0.5) is 5.69 Å². The van der Waals surface area contributed by atoms with E-state index in [9.17, 15) is 4.79 Å². The number of rotatable bonds is 4. The minimum atomic E-state index is -0.373. The summed E-state index contributed by atoms with van der Waals surface area (Å²) in [4.78, 5) is 11.7. The minimum Gasteiger partial charge on any atom is -0.497 e. The first-order valence-corrected chi connectivity index (χ1v) is 6.33. The fourth-order valence-electron chi connectivity index (χ4n) is 2.31. The molecule has 19 heavy (non-hydrogen) atoms. The van der Waals surface area contributed by atoms with Crippen LogP contribution in [-0.2, 0) is 14.3 Å². The summed E-state index contributed by atoms with van der Waals surface area (Å²) in [5, 5.41) is 3.18. The predicted molar refractivity (Wildman–Crippen MR) is 71.4 cm³/mol. The normalized spacial score (nSPS) is 21.2. The molecule has 5 heteroatoms. The van der Waals surface area contributed by atoms with Gasteiger partial charge in [0.15, 0.2) is 0 Å². The number of ether oxygens (including phenoxy) is 3. The summed E-state index contributed by atoms with van der Waals surface area (Å²) < 4.78 is 15.8. The zero-order valence-corrected chi connectivity index (χ0v) is 11.4. The van der Waals surface area contributed by atoms with Crippen LogP contribution < -0.4 is 10.1 Å². The molecule has 1 aromatic rings. The highest BCUT2D eigenvalue weighted by Crippen LogP contribution is 2.37. The molecule has 0 amide bonds. The Morgan fingerprint density at radius 2 is 2.21 bits per heavy atom. The Balaban J connectivity index is 2.31. The summed E-state index contributed by atoms with van der Waals surface area (Å²) in [6.45, 7) is 2.53. The predicted octanol–water partition coefficient (Wildman–Crippen LogP) is 2.13. The lowest BCUT2D eigenvalue weighted by molar-refractivity contribution is -0.142. The molecular weight excluding hydrogens is 246 g/mol. The second kappa shape index (κ2) is 5.93. The number of methoxy groups -OCH3 is 2. The van der Waals surface area contributed by atoms with Crippen molar-refractivity contribution in [3.63, 3.8) is 0 Å². The van der Waals surface area contributed by atoms with Gasteiger partial charge in [-0.15, -0.1) is 0 Å². The lowest BCUT2D eigenvalue weighted by atomic mass is 9.94. The van der Waals surface area contributed by atoms with E-state index in [1.54, 1.807) is 7.11 Å². The number of hydrogen-bond acceptors (Lipinski definition) is 5. The number of esters is 1. The van der Waals surface area contributed by atoms with Crippen molar-refractivity contribution >= 4 is 11.7 Å². The highest BCUT2D eigenvalue weighted by Gasteiger charge is 2.32. The van der Waals surface area contributed by atoms with Crippen LogP contribution in [0.1, 0.15) is 25.0 Å². The molecule has 0 saturated heterocycles. The largest absolute Gasteiger partial charge is 0.497 e. The third kappa shape index (κ3) is 2.81. The number of anilines is 1. The molecule has 0 unspecified atom stereocenters. The van der Waals surface area contributed by atoms with Crippen molar-refractivity contribution in [1.82, 2.24) is 0 Å². The molecule has 0 saturated carbocycles. The average molecular weight is 265 g/mol. The van der Waals surface area contributed by atoms with Gasteiger partial charge in [-0.05, 0) is 25.1 Å². The zero-order chi connectivity index (χ0) is 13.8. The summed E-state index contributed by atoms with van der Waals surface area (Å²) in [5.74, 6) is 0.507. The Labute approximate surface area is 112 Å². The fraction of sp³-hybridized carbons (Fsp3) is 0.500. The van der Waals surface area contributed by atoms with Crippen LogP contribution in [0.2, 0.25) is 0 Å². The summed E-state index contributed by atoms with van der Waals surface area (Å²) >= 11 is 0. The van der Waals surface area contributed by atoms with Crippen molar-refractivity contribution < 1.29 is 19.0 Å². The lowest BCUT2D eigenvalue weighted by Crippen LogP contribution is -2.36. The van der Waals surface area contributed by atoms with E-state index in [1.807, 2.05) is 25.1 Å². The highest BCUT2D eigenvalue weighted by molar-refractivity contribution is 5.81. The first-order valence-electron chi connectivity index (χ1n) is 6.33. The SMILES string of the molecule is CCO[C@H]1C[C@@H](C(=O)OC)Nc2ccc(OC)cc21. The van der Waals surface area contributed by atoms with E-state index >= 15 is 0 Å². The number of fused-ring (bicyclic) bond motifs is 1. The van der Waals surface area contributed by atoms with E-state index in [1.165, 1.54) is 7.11 Å². The number of hydrogen-bond donors (Lipinski definition) is 1. The van der Waals surface area contributed by atoms with Crippen molar-refractivity contribution in [1.29, 1.82) is 0 Å². The second-order valence-electron chi connectivity index (χ2n) is 4.35. The quantitative estimate of drug-likeness (QED) is 0.845. The Hall–Kier alpha value is -1.75. The van der Waals surface area contributed by atoms with Crippen LogP contribution in [0.15, 0.2) is 18.2 Å². The van der Waals surface area contributed by atoms with E-state index < -0.39 is 0 Å². The van der Waals surface area contributed by atoms with Crippen molar-refractivity contribution in [2.75, 3.05) is 26.1 Å². The molecule has 0 aromatic heterocycles. The van der Waals surface area contributed by atoms with Gasteiger partial charge in [0, 0.05) is 24.3 Å². The van der Waals surface area contributed by atoms with Gasteiger partial charge in [-0.3, -0.25) is 0 Å². The van der Waals surface area contributed by atoms with E-state index in [0.717, 1.165) is 17.0 Å². The van der Waals surface area contributed by atoms with E-state index in [0.29, 0.717) is 13.0 Å². The van der Waals surface area contributed by atoms with Crippen LogP contribution >= 0.6 is 0 Å². The Morgan fingerprint density at radius 1 is 1.42 bits per heavy atom. The van der Waals surface area contributed by atoms with E-state index in [-0.39, 0.29) is 18.1 Å². The monoisotopic (exact) mass is 265 g/mol. The molecule has 1 aliphatic rings. The van der Waals surface area contributed by atoms with Crippen molar-refractivity contribution in [2.45, 2.75) is 25.5 Å². The molecule has 0 aliphatic carbocycles. The summed E-state index contributed by atoms with van der Waals surface area (Å²) in [6.07, 6.45) is 0.432. The van der Waals surface area contributed by atoms with Crippen LogP contribution in [0.25, 0.3) is 0 Å². The Kier molecular flexibility index (Phi) is 4.27. The molecular formula is C14H19NO4. The maximum absolute atomic E-state index is 11.7. The van der Waals surface area contributed by atoms with Crippen molar-refractivity contribution in [2.24, 2.45) is 0 Å². The third-order valence-corrected chi connectivity index (χ3v) is 3.24. The molecule has 1 N–H and O–H groups in total. The van der Waals surface area contributed by atoms with Crippen molar-refractivity contribution in [3.05, 3.63) is 23.8 Å². The smallest absolute Gasteiger partial charge is 0.328 e. The van der Waals surface area contributed by atoms with Crippen LogP contribution in [0, 0.1) is 0 Å². The van der Waals surface area contributed by atoms with Gasteiger partial charge in [0.1, 0.15) is 11.8 Å². The molecule has 0 spiro atoms. The van der Waals surface area contributed by atoms with Gasteiger partial charge < -0.3 is 19.5 Å². The minimum absolute atomic E-state index is 0.125. The Morgan fingerprint density at radius 3 is 2.84 bits per heavy atom. The molecule has 104 valence electrons. The zero-order valence-electron chi connectivity index (χ0n) is 11.4. The molecule has 0 bridgehead atoms. The molecule has 1 aliphatic heterocycles. The topological polar surface area (TPSA) is 56.8 Å². The standard InChI is InChI=1S/C14H19NO4/c1-4-19-13-8-12(14(16)18-3)15-11-6-5-9(17-2)7-10(11)13/h5-7,12-13,15H,4,8H2,1-3H3/t12-,13-/m0/s1. The van der Waals surface area contributed by atoms with Gasteiger partial charge in [-0.1, -0.05) is 0 Å². The first kappa shape index (κ1) is 13.7. The fourth-order valence-corrected chi connectivity index (χ4v) is 2.31. The third-order valence-electron chi connectivity index (χ3n) is 3.24. The molecule has 0 fully saturated rings. The molecule has 1 aromatic carbocycles. The van der Waals surface area contributed by atoms with Gasteiger partial charge in [0.2, 0.25) is 0 Å². The first-order chi connectivity index (χ1) is 9.19. The second-order valence-corrected chi connectivity index (χ2v) is 4.35.